The summed E-state index contributed by atoms with van der Waals surface area (Å²) < 4.78 is 7.93. The quantitative estimate of drug-likeness (QED) is 0.514. The topological polar surface area (TPSA) is 101 Å². The van der Waals surface area contributed by atoms with E-state index in [9.17, 15) is 9.59 Å². The van der Waals surface area contributed by atoms with E-state index in [0.717, 1.165) is 45.6 Å². The fourth-order valence-electron chi connectivity index (χ4n) is 4.96. The van der Waals surface area contributed by atoms with Crippen LogP contribution in [0, 0.1) is 0 Å². The molecule has 5 rings (SSSR count). The van der Waals surface area contributed by atoms with Gasteiger partial charge in [-0.15, -0.1) is 0 Å². The Balaban J connectivity index is 1.40. The van der Waals surface area contributed by atoms with Crippen LogP contribution in [0.5, 0.6) is 0 Å². The lowest BCUT2D eigenvalue weighted by Gasteiger charge is -2.35. The molecule has 3 heterocycles. The van der Waals surface area contributed by atoms with Gasteiger partial charge in [-0.25, -0.2) is 4.68 Å². The highest BCUT2D eigenvalue weighted by Gasteiger charge is 2.35. The predicted molar refractivity (Wildman–Crippen MR) is 141 cm³/mol. The van der Waals surface area contributed by atoms with Gasteiger partial charge in [0.2, 0.25) is 0 Å². The SMILES string of the molecule is CC(C)(C)n1nc(C(=O)N[C@@H]2CCC[C@H]2N2CCOCC2)c2sc(NC(=O)c3cccc(Cl)c3)nc21. The predicted octanol–water partition coefficient (Wildman–Crippen LogP) is 4.14. The highest BCUT2D eigenvalue weighted by molar-refractivity contribution is 7.22. The molecule has 1 saturated carbocycles. The monoisotopic (exact) mass is 530 g/mol. The average molecular weight is 531 g/mol. The minimum atomic E-state index is -0.400. The molecule has 0 unspecified atom stereocenters. The maximum atomic E-state index is 13.5. The first-order valence-electron chi connectivity index (χ1n) is 12.3. The highest BCUT2D eigenvalue weighted by atomic mass is 35.5. The van der Waals surface area contributed by atoms with Gasteiger partial charge in [0.05, 0.1) is 18.8 Å². The molecule has 1 saturated heterocycles. The molecule has 2 aromatic heterocycles. The molecule has 192 valence electrons. The molecule has 36 heavy (non-hydrogen) atoms. The van der Waals surface area contributed by atoms with E-state index in [2.05, 4.69) is 25.6 Å². The summed E-state index contributed by atoms with van der Waals surface area (Å²) in [4.78, 5) is 33.4. The second-order valence-corrected chi connectivity index (χ2v) is 11.7. The zero-order valence-electron chi connectivity index (χ0n) is 20.7. The molecule has 9 nitrogen and oxygen atoms in total. The number of carbonyl (C=O) groups excluding carboxylic acids is 2. The number of morpholine rings is 1. The van der Waals surface area contributed by atoms with E-state index in [1.165, 1.54) is 11.3 Å². The molecule has 2 aliphatic rings. The van der Waals surface area contributed by atoms with Crippen LogP contribution in [0.25, 0.3) is 10.3 Å². The number of hydrogen-bond acceptors (Lipinski definition) is 7. The van der Waals surface area contributed by atoms with E-state index >= 15 is 0 Å². The number of aromatic nitrogens is 3. The molecule has 0 bridgehead atoms. The van der Waals surface area contributed by atoms with Crippen molar-refractivity contribution in [3.05, 3.63) is 40.5 Å². The molecular formula is C25H31ClN6O3S. The zero-order chi connectivity index (χ0) is 25.4. The van der Waals surface area contributed by atoms with Crippen LogP contribution < -0.4 is 10.6 Å². The first kappa shape index (κ1) is 25.1. The number of nitrogens with one attached hydrogen (secondary N) is 2. The Morgan fingerprint density at radius 1 is 1.17 bits per heavy atom. The second-order valence-electron chi connectivity index (χ2n) is 10.3. The number of hydrogen-bond donors (Lipinski definition) is 2. The molecule has 2 atom stereocenters. The lowest BCUT2D eigenvalue weighted by Crippen LogP contribution is -2.52. The third kappa shape index (κ3) is 5.13. The van der Waals surface area contributed by atoms with Gasteiger partial charge >= 0.3 is 0 Å². The van der Waals surface area contributed by atoms with Crippen LogP contribution in [-0.2, 0) is 10.3 Å². The Labute approximate surface area is 219 Å². The number of amides is 2. The standard InChI is InChI=1S/C25H31ClN6O3S/c1-25(2,3)32-21-20(36-24(28-21)29-22(33)15-6-4-7-16(26)14-15)19(30-32)23(34)27-17-8-5-9-18(17)31-10-12-35-13-11-31/h4,6-7,14,17-18H,5,8-13H2,1-3H3,(H,27,34)(H,28,29,33)/t17-,18-/m1/s1. The molecule has 11 heteroatoms. The third-order valence-corrected chi connectivity index (χ3v) is 7.90. The van der Waals surface area contributed by atoms with Crippen molar-refractivity contribution >= 4 is 50.2 Å². The molecular weight excluding hydrogens is 500 g/mol. The van der Waals surface area contributed by atoms with Crippen molar-refractivity contribution in [2.75, 3.05) is 31.6 Å². The summed E-state index contributed by atoms with van der Waals surface area (Å²) in [6.45, 7) is 9.29. The van der Waals surface area contributed by atoms with Crippen molar-refractivity contribution in [3.63, 3.8) is 0 Å². The lowest BCUT2D eigenvalue weighted by molar-refractivity contribution is 0.0126. The van der Waals surface area contributed by atoms with Crippen LogP contribution in [0.2, 0.25) is 5.02 Å². The molecule has 0 spiro atoms. The summed E-state index contributed by atoms with van der Waals surface area (Å²) in [5.74, 6) is -0.515. The maximum Gasteiger partial charge on any atom is 0.273 e. The first-order valence-corrected chi connectivity index (χ1v) is 13.5. The number of nitrogens with zero attached hydrogens (tertiary/aromatic N) is 4. The first-order chi connectivity index (χ1) is 17.2. The summed E-state index contributed by atoms with van der Waals surface area (Å²) in [7, 11) is 0. The van der Waals surface area contributed by atoms with Gasteiger partial charge in [0.1, 0.15) is 4.70 Å². The van der Waals surface area contributed by atoms with Crippen molar-refractivity contribution in [3.8, 4) is 0 Å². The molecule has 1 aliphatic heterocycles. The number of thiazole rings is 1. The van der Waals surface area contributed by atoms with Gasteiger partial charge in [-0.2, -0.15) is 10.1 Å². The van der Waals surface area contributed by atoms with Gasteiger partial charge in [0.25, 0.3) is 11.8 Å². The van der Waals surface area contributed by atoms with E-state index in [4.69, 9.17) is 16.3 Å². The molecule has 3 aromatic rings. The normalized spacial score (nSPS) is 21.1. The minimum absolute atomic E-state index is 0.0698. The average Bonchev–Trinajstić information content (AvgIpc) is 3.54. The Morgan fingerprint density at radius 2 is 1.94 bits per heavy atom. The Kier molecular flexibility index (Phi) is 7.04. The van der Waals surface area contributed by atoms with Gasteiger partial charge in [-0.3, -0.25) is 19.8 Å². The smallest absolute Gasteiger partial charge is 0.273 e. The molecule has 2 N–H and O–H groups in total. The molecule has 1 aromatic carbocycles. The minimum Gasteiger partial charge on any atom is -0.379 e. The van der Waals surface area contributed by atoms with Crippen molar-refractivity contribution in [2.45, 2.75) is 57.7 Å². The number of carbonyl (C=O) groups is 2. The summed E-state index contributed by atoms with van der Waals surface area (Å²) >= 11 is 7.29. The number of fused-ring (bicyclic) bond motifs is 1. The van der Waals surface area contributed by atoms with Crippen molar-refractivity contribution in [1.82, 2.24) is 25.0 Å². The Bertz CT molecular complexity index is 1280. The van der Waals surface area contributed by atoms with Crippen LogP contribution in [0.4, 0.5) is 5.13 Å². The molecule has 2 amide bonds. The maximum absolute atomic E-state index is 13.5. The summed E-state index contributed by atoms with van der Waals surface area (Å²) in [5.41, 5.74) is 0.957. The van der Waals surface area contributed by atoms with Crippen LogP contribution in [0.15, 0.2) is 24.3 Å². The van der Waals surface area contributed by atoms with Gasteiger partial charge in [-0.05, 0) is 58.2 Å². The summed E-state index contributed by atoms with van der Waals surface area (Å²) in [6.07, 6.45) is 3.09. The van der Waals surface area contributed by atoms with Crippen LogP contribution >= 0.6 is 22.9 Å². The molecule has 2 fully saturated rings. The van der Waals surface area contributed by atoms with Crippen LogP contribution in [0.1, 0.15) is 60.9 Å². The van der Waals surface area contributed by atoms with Gasteiger partial charge in [0, 0.05) is 35.8 Å². The van der Waals surface area contributed by atoms with E-state index in [1.807, 2.05) is 20.8 Å². The third-order valence-electron chi connectivity index (χ3n) is 6.69. The van der Waals surface area contributed by atoms with Crippen molar-refractivity contribution in [1.29, 1.82) is 0 Å². The summed E-state index contributed by atoms with van der Waals surface area (Å²) in [5, 5.41) is 11.7. The van der Waals surface area contributed by atoms with Crippen molar-refractivity contribution in [2.24, 2.45) is 0 Å². The van der Waals surface area contributed by atoms with Crippen LogP contribution in [-0.4, -0.2) is 69.9 Å². The number of rotatable bonds is 5. The molecule has 1 aliphatic carbocycles. The lowest BCUT2D eigenvalue weighted by atomic mass is 10.1. The van der Waals surface area contributed by atoms with Gasteiger partial charge in [0.15, 0.2) is 16.5 Å². The fraction of sp³-hybridized carbons (Fsp3) is 0.520. The fourth-order valence-corrected chi connectivity index (χ4v) is 6.08. The number of anilines is 1. The summed E-state index contributed by atoms with van der Waals surface area (Å²) in [6, 6.07) is 7.12. The zero-order valence-corrected chi connectivity index (χ0v) is 22.3. The number of benzene rings is 1. The van der Waals surface area contributed by atoms with E-state index in [-0.39, 0.29) is 17.9 Å². The van der Waals surface area contributed by atoms with Crippen LogP contribution in [0.3, 0.4) is 0 Å². The number of ether oxygens (including phenoxy) is 1. The highest BCUT2D eigenvalue weighted by Crippen LogP contribution is 2.33. The Morgan fingerprint density at radius 3 is 2.67 bits per heavy atom. The van der Waals surface area contributed by atoms with Crippen molar-refractivity contribution < 1.29 is 14.3 Å². The van der Waals surface area contributed by atoms with Gasteiger partial charge < -0.3 is 10.1 Å². The van der Waals surface area contributed by atoms with E-state index in [0.29, 0.717) is 37.8 Å². The number of halogens is 1. The molecule has 0 radical (unpaired) electrons. The van der Waals surface area contributed by atoms with E-state index < -0.39 is 5.54 Å². The van der Waals surface area contributed by atoms with E-state index in [1.54, 1.807) is 28.9 Å². The largest absolute Gasteiger partial charge is 0.379 e. The second kappa shape index (κ2) is 10.1. The Hall–Kier alpha value is -2.53. The van der Waals surface area contributed by atoms with Gasteiger partial charge in [-0.1, -0.05) is 29.0 Å².